The van der Waals surface area contributed by atoms with Crippen molar-refractivity contribution in [2.24, 2.45) is 5.73 Å². The van der Waals surface area contributed by atoms with Crippen LogP contribution in [0.2, 0.25) is 0 Å². The molecule has 2 amide bonds. The Bertz CT molecular complexity index is 518. The zero-order valence-electron chi connectivity index (χ0n) is 12.7. The number of anilines is 2. The van der Waals surface area contributed by atoms with Crippen LogP contribution in [-0.4, -0.2) is 52.0 Å². The highest BCUT2D eigenvalue weighted by atomic mass is 16.5. The first-order valence-corrected chi connectivity index (χ1v) is 7.21. The number of morpholine rings is 1. The van der Waals surface area contributed by atoms with Gasteiger partial charge in [0.05, 0.1) is 13.7 Å². The first kappa shape index (κ1) is 16.3. The number of hydrogen-bond acceptors (Lipinski definition) is 5. The Labute approximate surface area is 129 Å². The molecule has 1 aromatic carbocycles. The molecule has 0 spiro atoms. The Balaban J connectivity index is 2.14. The summed E-state index contributed by atoms with van der Waals surface area (Å²) in [7, 11) is 1.35. The largest absolute Gasteiger partial charge is 0.452 e. The molecule has 0 atom stereocenters. The Hall–Kier alpha value is -2.12. The Morgan fingerprint density at radius 3 is 2.73 bits per heavy atom. The molecule has 120 valence electrons. The molecule has 7 heteroatoms. The van der Waals surface area contributed by atoms with Crippen molar-refractivity contribution < 1.29 is 19.1 Å². The highest BCUT2D eigenvalue weighted by molar-refractivity contribution is 5.95. The maximum absolute atomic E-state index is 11.8. The normalized spacial score (nSPS) is 14.8. The molecule has 2 rings (SSSR count). The lowest BCUT2D eigenvalue weighted by Gasteiger charge is -2.27. The second-order valence-electron chi connectivity index (χ2n) is 4.88. The fourth-order valence-corrected chi connectivity index (χ4v) is 2.29. The molecule has 1 fully saturated rings. The molecule has 0 aliphatic carbocycles. The molecule has 2 N–H and O–H groups in total. The van der Waals surface area contributed by atoms with E-state index in [-0.39, 0.29) is 12.5 Å². The molecule has 22 heavy (non-hydrogen) atoms. The SMILES string of the molecule is COC(=O)N(CCCN)c1ccc(N2CCOCC2=O)cc1. The van der Waals surface area contributed by atoms with Crippen molar-refractivity contribution in [2.75, 3.05) is 49.8 Å². The minimum atomic E-state index is -0.427. The van der Waals surface area contributed by atoms with Crippen molar-refractivity contribution in [3.05, 3.63) is 24.3 Å². The van der Waals surface area contributed by atoms with E-state index in [4.69, 9.17) is 15.2 Å². The maximum atomic E-state index is 11.8. The first-order chi connectivity index (χ1) is 10.7. The smallest absolute Gasteiger partial charge is 0.413 e. The van der Waals surface area contributed by atoms with E-state index in [0.29, 0.717) is 38.3 Å². The van der Waals surface area contributed by atoms with Crippen LogP contribution in [0.3, 0.4) is 0 Å². The molecule has 0 aromatic heterocycles. The van der Waals surface area contributed by atoms with Gasteiger partial charge in [0.2, 0.25) is 0 Å². The van der Waals surface area contributed by atoms with E-state index >= 15 is 0 Å². The third-order valence-electron chi connectivity index (χ3n) is 3.44. The molecule has 1 aromatic rings. The van der Waals surface area contributed by atoms with Crippen LogP contribution < -0.4 is 15.5 Å². The summed E-state index contributed by atoms with van der Waals surface area (Å²) in [6, 6.07) is 7.23. The van der Waals surface area contributed by atoms with E-state index in [1.807, 2.05) is 12.1 Å². The number of nitrogens with zero attached hydrogens (tertiary/aromatic N) is 2. The molecule has 1 aliphatic heterocycles. The van der Waals surface area contributed by atoms with Gasteiger partial charge in [-0.15, -0.1) is 0 Å². The number of nitrogens with two attached hydrogens (primary N) is 1. The van der Waals surface area contributed by atoms with E-state index in [9.17, 15) is 9.59 Å². The van der Waals surface area contributed by atoms with Crippen molar-refractivity contribution in [2.45, 2.75) is 6.42 Å². The van der Waals surface area contributed by atoms with Gasteiger partial charge in [-0.05, 0) is 37.2 Å². The third-order valence-corrected chi connectivity index (χ3v) is 3.44. The van der Waals surface area contributed by atoms with E-state index in [2.05, 4.69) is 0 Å². The number of amides is 2. The van der Waals surface area contributed by atoms with Gasteiger partial charge in [-0.1, -0.05) is 0 Å². The van der Waals surface area contributed by atoms with E-state index < -0.39 is 6.09 Å². The molecule has 0 saturated carbocycles. The Morgan fingerprint density at radius 2 is 2.14 bits per heavy atom. The maximum Gasteiger partial charge on any atom is 0.413 e. The average molecular weight is 307 g/mol. The molecule has 0 unspecified atom stereocenters. The highest BCUT2D eigenvalue weighted by Crippen LogP contribution is 2.22. The zero-order valence-corrected chi connectivity index (χ0v) is 12.7. The van der Waals surface area contributed by atoms with Gasteiger partial charge in [-0.25, -0.2) is 4.79 Å². The third kappa shape index (κ3) is 3.75. The number of rotatable bonds is 5. The van der Waals surface area contributed by atoms with Crippen LogP contribution in [-0.2, 0) is 14.3 Å². The second-order valence-corrected chi connectivity index (χ2v) is 4.88. The first-order valence-electron chi connectivity index (χ1n) is 7.21. The van der Waals surface area contributed by atoms with Gasteiger partial charge >= 0.3 is 6.09 Å². The van der Waals surface area contributed by atoms with Gasteiger partial charge in [-0.2, -0.15) is 0 Å². The molecule has 1 saturated heterocycles. The van der Waals surface area contributed by atoms with Crippen molar-refractivity contribution in [3.63, 3.8) is 0 Å². The fraction of sp³-hybridized carbons (Fsp3) is 0.467. The van der Waals surface area contributed by atoms with Crippen molar-refractivity contribution >= 4 is 23.4 Å². The van der Waals surface area contributed by atoms with E-state index in [1.54, 1.807) is 17.0 Å². The van der Waals surface area contributed by atoms with Crippen LogP contribution in [0.5, 0.6) is 0 Å². The molecule has 7 nitrogen and oxygen atoms in total. The minimum absolute atomic E-state index is 0.0630. The van der Waals surface area contributed by atoms with Crippen LogP contribution in [0, 0.1) is 0 Å². The number of benzene rings is 1. The number of carbonyl (C=O) groups is 2. The van der Waals surface area contributed by atoms with Gasteiger partial charge in [0, 0.05) is 24.5 Å². The Kier molecular flexibility index (Phi) is 5.74. The summed E-state index contributed by atoms with van der Waals surface area (Å²) in [6.07, 6.45) is 0.252. The molecule has 1 heterocycles. The second kappa shape index (κ2) is 7.77. The summed E-state index contributed by atoms with van der Waals surface area (Å²) in [5, 5.41) is 0. The van der Waals surface area contributed by atoms with Gasteiger partial charge in [0.1, 0.15) is 6.61 Å². The van der Waals surface area contributed by atoms with Crippen molar-refractivity contribution in [1.29, 1.82) is 0 Å². The highest BCUT2D eigenvalue weighted by Gasteiger charge is 2.21. The van der Waals surface area contributed by atoms with Crippen molar-refractivity contribution in [1.82, 2.24) is 0 Å². The van der Waals surface area contributed by atoms with Crippen LogP contribution >= 0.6 is 0 Å². The molecule has 0 bridgehead atoms. The number of carbonyl (C=O) groups excluding carboxylic acids is 2. The van der Waals surface area contributed by atoms with E-state index in [1.165, 1.54) is 12.0 Å². The lowest BCUT2D eigenvalue weighted by atomic mass is 10.2. The molecule has 0 radical (unpaired) electrons. The average Bonchev–Trinajstić information content (AvgIpc) is 2.56. The molecular weight excluding hydrogens is 286 g/mol. The topological polar surface area (TPSA) is 85.1 Å². The summed E-state index contributed by atoms with van der Waals surface area (Å²) in [6.45, 7) is 2.14. The van der Waals surface area contributed by atoms with Crippen LogP contribution in [0.1, 0.15) is 6.42 Å². The zero-order chi connectivity index (χ0) is 15.9. The van der Waals surface area contributed by atoms with E-state index in [0.717, 1.165) is 5.69 Å². The summed E-state index contributed by atoms with van der Waals surface area (Å²) in [5.41, 5.74) is 7.00. The number of methoxy groups -OCH3 is 1. The lowest BCUT2D eigenvalue weighted by Crippen LogP contribution is -2.41. The van der Waals surface area contributed by atoms with Gasteiger partial charge < -0.3 is 20.1 Å². The predicted molar refractivity (Wildman–Crippen MR) is 83.0 cm³/mol. The predicted octanol–water partition coefficient (Wildman–Crippen LogP) is 0.971. The van der Waals surface area contributed by atoms with Crippen molar-refractivity contribution in [3.8, 4) is 0 Å². The van der Waals surface area contributed by atoms with Gasteiger partial charge in [-0.3, -0.25) is 9.69 Å². The molecule has 1 aliphatic rings. The van der Waals surface area contributed by atoms with Crippen LogP contribution in [0.15, 0.2) is 24.3 Å². The summed E-state index contributed by atoms with van der Waals surface area (Å²) < 4.78 is 9.91. The lowest BCUT2D eigenvalue weighted by molar-refractivity contribution is -0.125. The monoisotopic (exact) mass is 307 g/mol. The standard InChI is InChI=1S/C15H21N3O4/c1-21-15(20)18(8-2-7-16)13-5-3-12(4-6-13)17-9-10-22-11-14(17)19/h3-6H,2,7-11,16H2,1H3. The number of ether oxygens (including phenoxy) is 2. The Morgan fingerprint density at radius 1 is 1.41 bits per heavy atom. The molecular formula is C15H21N3O4. The number of hydrogen-bond donors (Lipinski definition) is 1. The fourth-order valence-electron chi connectivity index (χ4n) is 2.29. The summed E-state index contributed by atoms with van der Waals surface area (Å²) in [5.74, 6) is -0.0630. The van der Waals surface area contributed by atoms with Gasteiger partial charge in [0.15, 0.2) is 0 Å². The van der Waals surface area contributed by atoms with Crippen LogP contribution in [0.4, 0.5) is 16.2 Å². The summed E-state index contributed by atoms with van der Waals surface area (Å²) in [4.78, 5) is 26.9. The van der Waals surface area contributed by atoms with Gasteiger partial charge in [0.25, 0.3) is 5.91 Å². The van der Waals surface area contributed by atoms with Crippen LogP contribution in [0.25, 0.3) is 0 Å². The minimum Gasteiger partial charge on any atom is -0.452 e. The summed E-state index contributed by atoms with van der Waals surface area (Å²) >= 11 is 0. The quantitative estimate of drug-likeness (QED) is 0.876.